The third-order valence-corrected chi connectivity index (χ3v) is 4.74. The number of hydrogen-bond acceptors (Lipinski definition) is 8. The zero-order chi connectivity index (χ0) is 21.4. The second kappa shape index (κ2) is 10.2. The van der Waals surface area contributed by atoms with Crippen molar-refractivity contribution in [3.8, 4) is 0 Å². The van der Waals surface area contributed by atoms with Crippen molar-refractivity contribution < 1.29 is 23.5 Å². The maximum absolute atomic E-state index is 12.3. The molecule has 0 radical (unpaired) electrons. The summed E-state index contributed by atoms with van der Waals surface area (Å²) in [4.78, 5) is 35.2. The third kappa shape index (κ3) is 7.34. The molecule has 2 aromatic rings. The molecule has 0 spiro atoms. The smallest absolute Gasteiger partial charge is 0.313 e. The number of Topliss-reactive ketones (excluding diaryl/α,β-unsaturated/α-hetero) is 1. The first-order chi connectivity index (χ1) is 13.7. The molecule has 0 aliphatic carbocycles. The van der Waals surface area contributed by atoms with Crippen LogP contribution in [0.4, 0.5) is 0 Å². The van der Waals surface area contributed by atoms with Crippen LogP contribution in [0.15, 0.2) is 33.9 Å². The summed E-state index contributed by atoms with van der Waals surface area (Å²) in [5.41, 5.74) is 1.70. The van der Waals surface area contributed by atoms with E-state index < -0.39 is 5.97 Å². The monoisotopic (exact) mass is 419 g/mol. The van der Waals surface area contributed by atoms with Crippen LogP contribution in [0.5, 0.6) is 0 Å². The topological polar surface area (TPSA) is 111 Å². The van der Waals surface area contributed by atoms with E-state index >= 15 is 0 Å². The molecule has 9 heteroatoms. The summed E-state index contributed by atoms with van der Waals surface area (Å²) < 4.78 is 10.1. The van der Waals surface area contributed by atoms with Gasteiger partial charge in [0.1, 0.15) is 6.42 Å². The lowest BCUT2D eigenvalue weighted by Gasteiger charge is -2.18. The fourth-order valence-electron chi connectivity index (χ4n) is 2.31. The zero-order valence-electron chi connectivity index (χ0n) is 17.0. The highest BCUT2D eigenvalue weighted by atomic mass is 32.2. The van der Waals surface area contributed by atoms with Gasteiger partial charge in [-0.3, -0.25) is 14.4 Å². The Kier molecular flexibility index (Phi) is 7.95. The predicted octanol–water partition coefficient (Wildman–Crippen LogP) is 2.91. The van der Waals surface area contributed by atoms with Crippen LogP contribution in [-0.4, -0.2) is 40.2 Å². The number of aromatic nitrogens is 2. The van der Waals surface area contributed by atoms with Crippen LogP contribution in [0.25, 0.3) is 0 Å². The molecule has 0 atom stereocenters. The molecule has 156 valence electrons. The van der Waals surface area contributed by atoms with Gasteiger partial charge in [-0.15, -0.1) is 10.2 Å². The molecule has 2 rings (SSSR count). The summed E-state index contributed by atoms with van der Waals surface area (Å²) in [6.45, 7) is 8.31. The molecule has 0 saturated carbocycles. The molecule has 1 aromatic carbocycles. The summed E-state index contributed by atoms with van der Waals surface area (Å²) >= 11 is 1.03. The van der Waals surface area contributed by atoms with Crippen molar-refractivity contribution in [2.75, 3.05) is 12.4 Å². The Morgan fingerprint density at radius 1 is 1.14 bits per heavy atom. The van der Waals surface area contributed by atoms with Crippen molar-refractivity contribution in [2.45, 2.75) is 51.3 Å². The molecule has 29 heavy (non-hydrogen) atoms. The largest absolute Gasteiger partial charge is 0.466 e. The minimum atomic E-state index is -0.553. The Morgan fingerprint density at radius 2 is 1.83 bits per heavy atom. The SMILES string of the molecule is CCOC(=O)CC(=O)CSc1nnc(CNC(=O)c2ccc(C(C)(C)C)cc2)o1. The summed E-state index contributed by atoms with van der Waals surface area (Å²) in [7, 11) is 0. The first kappa shape index (κ1) is 22.6. The number of esters is 1. The van der Waals surface area contributed by atoms with Crippen LogP contribution in [0.2, 0.25) is 0 Å². The lowest BCUT2D eigenvalue weighted by Crippen LogP contribution is -2.23. The van der Waals surface area contributed by atoms with Crippen LogP contribution in [0.3, 0.4) is 0 Å². The molecule has 0 aliphatic rings. The molecule has 8 nitrogen and oxygen atoms in total. The minimum Gasteiger partial charge on any atom is -0.466 e. The van der Waals surface area contributed by atoms with Gasteiger partial charge < -0.3 is 14.5 Å². The number of nitrogens with zero attached hydrogens (tertiary/aromatic N) is 2. The van der Waals surface area contributed by atoms with Crippen LogP contribution in [0, 0.1) is 0 Å². The molecular formula is C20H25N3O5S. The molecule has 0 bridgehead atoms. The second-order valence-corrected chi connectivity index (χ2v) is 8.21. The number of nitrogens with one attached hydrogen (secondary N) is 1. The second-order valence-electron chi connectivity index (χ2n) is 7.28. The van der Waals surface area contributed by atoms with E-state index in [0.717, 1.165) is 17.3 Å². The summed E-state index contributed by atoms with van der Waals surface area (Å²) in [6, 6.07) is 7.42. The number of thioether (sulfide) groups is 1. The molecule has 0 aliphatic heterocycles. The van der Waals surface area contributed by atoms with E-state index in [0.29, 0.717) is 5.56 Å². The highest BCUT2D eigenvalue weighted by Crippen LogP contribution is 2.22. The number of benzene rings is 1. The van der Waals surface area contributed by atoms with E-state index in [9.17, 15) is 14.4 Å². The Hall–Kier alpha value is -2.68. The van der Waals surface area contributed by atoms with Crippen LogP contribution in [0.1, 0.15) is 55.9 Å². The summed E-state index contributed by atoms with van der Waals surface area (Å²) in [6.07, 6.45) is -0.286. The van der Waals surface area contributed by atoms with E-state index in [2.05, 4.69) is 36.3 Å². The number of amides is 1. The van der Waals surface area contributed by atoms with Crippen molar-refractivity contribution in [2.24, 2.45) is 0 Å². The molecule has 0 fully saturated rings. The van der Waals surface area contributed by atoms with Gasteiger partial charge in [-0.2, -0.15) is 0 Å². The van der Waals surface area contributed by atoms with Crippen molar-refractivity contribution in [3.05, 3.63) is 41.3 Å². The Bertz CT molecular complexity index is 856. The third-order valence-electron chi connectivity index (χ3n) is 3.87. The number of ketones is 1. The van der Waals surface area contributed by atoms with Gasteiger partial charge in [-0.1, -0.05) is 44.7 Å². The van der Waals surface area contributed by atoms with Crippen LogP contribution >= 0.6 is 11.8 Å². The molecular weight excluding hydrogens is 394 g/mol. The average molecular weight is 420 g/mol. The number of ether oxygens (including phenoxy) is 1. The van der Waals surface area contributed by atoms with Crippen molar-refractivity contribution >= 4 is 29.4 Å². The Labute approximate surface area is 173 Å². The Morgan fingerprint density at radius 3 is 2.45 bits per heavy atom. The number of hydrogen-bond donors (Lipinski definition) is 1. The predicted molar refractivity (Wildman–Crippen MR) is 108 cm³/mol. The fraction of sp³-hybridized carbons (Fsp3) is 0.450. The standard InChI is InChI=1S/C20H25N3O5S/c1-5-27-17(25)10-15(24)12-29-19-23-22-16(28-19)11-21-18(26)13-6-8-14(9-7-13)20(2,3)4/h6-9H,5,10-12H2,1-4H3,(H,21,26). The van der Waals surface area contributed by atoms with Gasteiger partial charge in [0.2, 0.25) is 5.89 Å². The molecule has 0 saturated heterocycles. The quantitative estimate of drug-likeness (QED) is 0.375. The summed E-state index contributed by atoms with van der Waals surface area (Å²) in [5, 5.41) is 10.6. The highest BCUT2D eigenvalue weighted by Gasteiger charge is 2.16. The molecule has 0 unspecified atom stereocenters. The van der Waals surface area contributed by atoms with Gasteiger partial charge in [-0.05, 0) is 30.0 Å². The maximum atomic E-state index is 12.3. The number of carbonyl (C=O) groups excluding carboxylic acids is 3. The fourth-order valence-corrected chi connectivity index (χ4v) is 2.95. The number of carbonyl (C=O) groups is 3. The van der Waals surface area contributed by atoms with Gasteiger partial charge in [-0.25, -0.2) is 0 Å². The van der Waals surface area contributed by atoms with Gasteiger partial charge >= 0.3 is 5.97 Å². The average Bonchev–Trinajstić information content (AvgIpc) is 3.12. The first-order valence-electron chi connectivity index (χ1n) is 9.20. The number of rotatable bonds is 9. The van der Waals surface area contributed by atoms with Gasteiger partial charge in [0.25, 0.3) is 11.1 Å². The van der Waals surface area contributed by atoms with E-state index in [1.165, 1.54) is 0 Å². The molecule has 1 N–H and O–H groups in total. The lowest BCUT2D eigenvalue weighted by molar-refractivity contribution is -0.145. The van der Waals surface area contributed by atoms with Crippen LogP contribution in [-0.2, 0) is 26.3 Å². The minimum absolute atomic E-state index is 0.0184. The van der Waals surface area contributed by atoms with Gasteiger partial charge in [0.15, 0.2) is 5.78 Å². The maximum Gasteiger partial charge on any atom is 0.313 e. The van der Waals surface area contributed by atoms with Crippen molar-refractivity contribution in [1.82, 2.24) is 15.5 Å². The van der Waals surface area contributed by atoms with Crippen LogP contribution < -0.4 is 5.32 Å². The normalized spacial score (nSPS) is 11.2. The van der Waals surface area contributed by atoms with E-state index in [-0.39, 0.29) is 53.5 Å². The molecule has 1 amide bonds. The first-order valence-corrected chi connectivity index (χ1v) is 10.2. The molecule has 1 aromatic heterocycles. The highest BCUT2D eigenvalue weighted by molar-refractivity contribution is 7.99. The molecule has 1 heterocycles. The zero-order valence-corrected chi connectivity index (χ0v) is 17.8. The van der Waals surface area contributed by atoms with E-state index in [1.807, 2.05) is 12.1 Å². The van der Waals surface area contributed by atoms with Crippen molar-refractivity contribution in [1.29, 1.82) is 0 Å². The Balaban J connectivity index is 1.80. The summed E-state index contributed by atoms with van der Waals surface area (Å²) in [5.74, 6) is -0.845. The van der Waals surface area contributed by atoms with Gasteiger partial charge in [0, 0.05) is 5.56 Å². The van der Waals surface area contributed by atoms with Crippen molar-refractivity contribution in [3.63, 3.8) is 0 Å². The van der Waals surface area contributed by atoms with E-state index in [4.69, 9.17) is 9.15 Å². The lowest BCUT2D eigenvalue weighted by atomic mass is 9.87. The van der Waals surface area contributed by atoms with Gasteiger partial charge in [0.05, 0.1) is 18.9 Å². The van der Waals surface area contributed by atoms with E-state index in [1.54, 1.807) is 19.1 Å².